The molecule has 0 radical (unpaired) electrons. The Hall–Kier alpha value is -1.65. The van der Waals surface area contributed by atoms with E-state index >= 15 is 0 Å². The Bertz CT molecular complexity index is 586. The lowest BCUT2D eigenvalue weighted by molar-refractivity contribution is 0.352. The maximum Gasteiger partial charge on any atom is 0.133 e. The van der Waals surface area contributed by atoms with Gasteiger partial charge in [0, 0.05) is 25.1 Å². The maximum atomic E-state index is 4.34. The molecule has 2 aromatic heterocycles. The Morgan fingerprint density at radius 3 is 2.68 bits per heavy atom. The second kappa shape index (κ2) is 4.18. The highest BCUT2D eigenvalue weighted by Crippen LogP contribution is 2.31. The first-order valence-electron chi connectivity index (χ1n) is 6.88. The lowest BCUT2D eigenvalue weighted by Gasteiger charge is -2.15. The van der Waals surface area contributed by atoms with Gasteiger partial charge in [0.1, 0.15) is 11.6 Å². The number of aromatic amines is 1. The smallest absolute Gasteiger partial charge is 0.133 e. The van der Waals surface area contributed by atoms with Crippen molar-refractivity contribution in [1.29, 1.82) is 0 Å². The largest absolute Gasteiger partial charge is 0.314 e. The molecule has 0 unspecified atom stereocenters. The molecule has 0 fully saturated rings. The number of H-pyrrole nitrogens is 1. The van der Waals surface area contributed by atoms with Crippen molar-refractivity contribution in [3.05, 3.63) is 28.6 Å². The van der Waals surface area contributed by atoms with Gasteiger partial charge in [0.25, 0.3) is 0 Å². The molecular weight excluding hydrogens is 238 g/mol. The molecule has 19 heavy (non-hydrogen) atoms. The lowest BCUT2D eigenvalue weighted by Crippen LogP contribution is -2.14. The van der Waals surface area contributed by atoms with E-state index in [9.17, 15) is 0 Å². The van der Waals surface area contributed by atoms with E-state index in [1.807, 2.05) is 0 Å². The molecule has 1 aliphatic heterocycles. The van der Waals surface area contributed by atoms with Gasteiger partial charge < -0.3 is 4.57 Å². The van der Waals surface area contributed by atoms with Crippen LogP contribution in [0.25, 0.3) is 0 Å². The summed E-state index contributed by atoms with van der Waals surface area (Å²) >= 11 is 0. The van der Waals surface area contributed by atoms with Crippen LogP contribution in [-0.4, -0.2) is 25.0 Å². The van der Waals surface area contributed by atoms with Crippen LogP contribution in [0.1, 0.15) is 42.4 Å². The predicted molar refractivity (Wildman–Crippen MR) is 73.0 cm³/mol. The Balaban J connectivity index is 1.76. The lowest BCUT2D eigenvalue weighted by atomic mass is 9.92. The highest BCUT2D eigenvalue weighted by atomic mass is 15.3. The monoisotopic (exact) mass is 259 g/mol. The summed E-state index contributed by atoms with van der Waals surface area (Å²) in [5.74, 6) is 2.25. The van der Waals surface area contributed by atoms with Crippen molar-refractivity contribution in [1.82, 2.24) is 25.0 Å². The molecule has 0 saturated heterocycles. The first-order chi connectivity index (χ1) is 8.96. The van der Waals surface area contributed by atoms with Crippen molar-refractivity contribution in [2.45, 2.75) is 53.5 Å². The topological polar surface area (TPSA) is 59.4 Å². The van der Waals surface area contributed by atoms with E-state index in [4.69, 9.17) is 0 Å². The van der Waals surface area contributed by atoms with E-state index in [0.29, 0.717) is 5.41 Å². The van der Waals surface area contributed by atoms with Gasteiger partial charge >= 0.3 is 0 Å². The molecule has 5 nitrogen and oxygen atoms in total. The Kier molecular flexibility index (Phi) is 2.73. The van der Waals surface area contributed by atoms with Gasteiger partial charge in [0.05, 0.1) is 5.69 Å². The van der Waals surface area contributed by atoms with E-state index in [-0.39, 0.29) is 0 Å². The van der Waals surface area contributed by atoms with Gasteiger partial charge in [-0.1, -0.05) is 13.8 Å². The second-order valence-electron chi connectivity index (χ2n) is 6.37. The number of aryl methyl sites for hydroxylation is 3. The summed E-state index contributed by atoms with van der Waals surface area (Å²) in [6, 6.07) is 0. The quantitative estimate of drug-likeness (QED) is 0.917. The molecule has 3 rings (SSSR count). The molecular formula is C14H21N5. The summed E-state index contributed by atoms with van der Waals surface area (Å²) in [6.45, 7) is 9.74. The van der Waals surface area contributed by atoms with Crippen molar-refractivity contribution in [3.8, 4) is 0 Å². The van der Waals surface area contributed by atoms with Crippen LogP contribution >= 0.6 is 0 Å². The molecule has 2 aromatic rings. The van der Waals surface area contributed by atoms with Gasteiger partial charge in [-0.2, -0.15) is 5.10 Å². The summed E-state index contributed by atoms with van der Waals surface area (Å²) in [5, 5.41) is 16.0. The van der Waals surface area contributed by atoms with E-state index in [1.54, 1.807) is 0 Å². The van der Waals surface area contributed by atoms with E-state index in [2.05, 4.69) is 52.7 Å². The van der Waals surface area contributed by atoms with Crippen molar-refractivity contribution in [2.24, 2.45) is 5.41 Å². The van der Waals surface area contributed by atoms with Gasteiger partial charge in [-0.15, -0.1) is 10.2 Å². The number of hydrogen-bond donors (Lipinski definition) is 1. The SMILES string of the molecule is Cc1n[nH]c(C)c1CCc1nnc2n1CC(C)(C)C2. The van der Waals surface area contributed by atoms with Gasteiger partial charge in [0.15, 0.2) is 0 Å². The molecule has 0 saturated carbocycles. The molecule has 3 heterocycles. The second-order valence-corrected chi connectivity index (χ2v) is 6.37. The number of aromatic nitrogens is 5. The summed E-state index contributed by atoms with van der Waals surface area (Å²) in [6.07, 6.45) is 2.95. The predicted octanol–water partition coefficient (Wildman–Crippen LogP) is 1.99. The molecule has 1 aliphatic rings. The van der Waals surface area contributed by atoms with Crippen molar-refractivity contribution in [3.63, 3.8) is 0 Å². The molecule has 0 spiro atoms. The van der Waals surface area contributed by atoms with Crippen LogP contribution in [0.3, 0.4) is 0 Å². The average molecular weight is 259 g/mol. The van der Waals surface area contributed by atoms with E-state index in [1.165, 1.54) is 11.3 Å². The van der Waals surface area contributed by atoms with Gasteiger partial charge in [-0.05, 0) is 31.2 Å². The van der Waals surface area contributed by atoms with Gasteiger partial charge in [-0.3, -0.25) is 5.10 Å². The third-order valence-corrected chi connectivity index (χ3v) is 4.01. The minimum atomic E-state index is 0.321. The summed E-state index contributed by atoms with van der Waals surface area (Å²) in [7, 11) is 0. The molecule has 0 amide bonds. The fraction of sp³-hybridized carbons (Fsp3) is 0.643. The maximum absolute atomic E-state index is 4.34. The summed E-state index contributed by atoms with van der Waals surface area (Å²) in [4.78, 5) is 0. The van der Waals surface area contributed by atoms with Crippen LogP contribution in [0.15, 0.2) is 0 Å². The fourth-order valence-corrected chi connectivity index (χ4v) is 2.96. The number of nitrogens with one attached hydrogen (secondary N) is 1. The number of rotatable bonds is 3. The van der Waals surface area contributed by atoms with Crippen molar-refractivity contribution in [2.75, 3.05) is 0 Å². The standard InChI is InChI=1S/C14H21N5/c1-9-11(10(2)16-15-9)5-6-12-17-18-13-7-14(3,4)8-19(12)13/h5-8H2,1-4H3,(H,15,16). The third-order valence-electron chi connectivity index (χ3n) is 4.01. The van der Waals surface area contributed by atoms with Gasteiger partial charge in [0.2, 0.25) is 0 Å². The van der Waals surface area contributed by atoms with E-state index in [0.717, 1.165) is 43.1 Å². The Morgan fingerprint density at radius 1 is 1.21 bits per heavy atom. The molecule has 0 aromatic carbocycles. The van der Waals surface area contributed by atoms with Crippen molar-refractivity contribution < 1.29 is 0 Å². The highest BCUT2D eigenvalue weighted by Gasteiger charge is 2.31. The highest BCUT2D eigenvalue weighted by molar-refractivity contribution is 5.24. The zero-order valence-corrected chi connectivity index (χ0v) is 12.1. The van der Waals surface area contributed by atoms with Crippen LogP contribution < -0.4 is 0 Å². The number of hydrogen-bond acceptors (Lipinski definition) is 3. The van der Waals surface area contributed by atoms with Crippen LogP contribution in [0.4, 0.5) is 0 Å². The molecule has 0 aliphatic carbocycles. The van der Waals surface area contributed by atoms with Crippen LogP contribution in [-0.2, 0) is 25.8 Å². The minimum absolute atomic E-state index is 0.321. The summed E-state index contributed by atoms with van der Waals surface area (Å²) < 4.78 is 2.30. The fourth-order valence-electron chi connectivity index (χ4n) is 2.96. The van der Waals surface area contributed by atoms with Crippen molar-refractivity contribution >= 4 is 0 Å². The third kappa shape index (κ3) is 2.17. The molecule has 5 heteroatoms. The Labute approximate surface area is 113 Å². The van der Waals surface area contributed by atoms with Gasteiger partial charge in [-0.25, -0.2) is 0 Å². The average Bonchev–Trinajstić information content (AvgIpc) is 2.92. The minimum Gasteiger partial charge on any atom is -0.314 e. The van der Waals surface area contributed by atoms with Crippen LogP contribution in [0, 0.1) is 19.3 Å². The summed E-state index contributed by atoms with van der Waals surface area (Å²) in [5.41, 5.74) is 3.90. The molecule has 102 valence electrons. The van der Waals surface area contributed by atoms with Crippen LogP contribution in [0.2, 0.25) is 0 Å². The van der Waals surface area contributed by atoms with E-state index < -0.39 is 0 Å². The molecule has 1 N–H and O–H groups in total. The Morgan fingerprint density at radius 2 is 2.00 bits per heavy atom. The number of fused-ring (bicyclic) bond motifs is 1. The molecule has 0 atom stereocenters. The zero-order chi connectivity index (χ0) is 13.6. The number of nitrogens with zero attached hydrogens (tertiary/aromatic N) is 4. The molecule has 0 bridgehead atoms. The normalized spacial score (nSPS) is 16.8. The first-order valence-corrected chi connectivity index (χ1v) is 6.88. The zero-order valence-electron chi connectivity index (χ0n) is 12.1. The first kappa shape index (κ1) is 12.4. The van der Waals surface area contributed by atoms with Crippen LogP contribution in [0.5, 0.6) is 0 Å².